The Labute approximate surface area is 55.0 Å². The highest BCUT2D eigenvalue weighted by Gasteiger charge is 2.20. The monoisotopic (exact) mass is 131 g/mol. The van der Waals surface area contributed by atoms with Crippen LogP contribution in [0.4, 0.5) is 0 Å². The summed E-state index contributed by atoms with van der Waals surface area (Å²) in [5, 5.41) is 12.2. The quantitative estimate of drug-likeness (QED) is 0.497. The van der Waals surface area contributed by atoms with Gasteiger partial charge >= 0.3 is 0 Å². The van der Waals surface area contributed by atoms with Crippen LogP contribution in [0.2, 0.25) is 0 Å². The molecule has 0 aromatic carbocycles. The van der Waals surface area contributed by atoms with Gasteiger partial charge in [-0.1, -0.05) is 0 Å². The summed E-state index contributed by atoms with van der Waals surface area (Å²) in [6.45, 7) is 1.24. The summed E-state index contributed by atoms with van der Waals surface area (Å²) in [7, 11) is 1.86. The molecule has 0 bridgehead atoms. The molecule has 1 heterocycles. The number of nitrogens with one attached hydrogen (secondary N) is 1. The number of hydrogen-bond donors (Lipinski definition) is 2. The second kappa shape index (κ2) is 3.15. The second-order valence-corrected chi connectivity index (χ2v) is 2.33. The van der Waals surface area contributed by atoms with E-state index in [1.54, 1.807) is 0 Å². The lowest BCUT2D eigenvalue weighted by Gasteiger charge is -2.26. The lowest BCUT2D eigenvalue weighted by atomic mass is 10.1. The minimum atomic E-state index is -0.316. The molecule has 54 valence electrons. The lowest BCUT2D eigenvalue weighted by molar-refractivity contribution is -0.0258. The summed E-state index contributed by atoms with van der Waals surface area (Å²) in [5.74, 6) is 0. The summed E-state index contributed by atoms with van der Waals surface area (Å²) >= 11 is 0. The molecule has 1 aliphatic heterocycles. The van der Waals surface area contributed by atoms with Crippen molar-refractivity contribution in [1.29, 1.82) is 0 Å². The van der Waals surface area contributed by atoms with Gasteiger partial charge in [-0.05, 0) is 13.5 Å². The van der Waals surface area contributed by atoms with Crippen LogP contribution in [0.5, 0.6) is 0 Å². The van der Waals surface area contributed by atoms with E-state index in [0.717, 1.165) is 13.0 Å². The molecule has 0 unspecified atom stereocenters. The molecule has 0 radical (unpaired) electrons. The van der Waals surface area contributed by atoms with Gasteiger partial charge in [0.25, 0.3) is 0 Å². The molecule has 0 aliphatic carbocycles. The summed E-state index contributed by atoms with van der Waals surface area (Å²) in [6, 6.07) is 0.235. The van der Waals surface area contributed by atoms with Gasteiger partial charge < -0.3 is 15.2 Å². The molecule has 1 saturated heterocycles. The first-order valence-electron chi connectivity index (χ1n) is 3.27. The van der Waals surface area contributed by atoms with Crippen molar-refractivity contribution in [1.82, 2.24) is 5.32 Å². The topological polar surface area (TPSA) is 41.5 Å². The third-order valence-electron chi connectivity index (χ3n) is 1.70. The zero-order valence-electron chi connectivity index (χ0n) is 5.63. The van der Waals surface area contributed by atoms with Gasteiger partial charge in [-0.15, -0.1) is 0 Å². The van der Waals surface area contributed by atoms with E-state index in [2.05, 4.69) is 5.32 Å². The average Bonchev–Trinajstić information content (AvgIpc) is 1.89. The molecule has 0 aromatic heterocycles. The van der Waals surface area contributed by atoms with Crippen LogP contribution in [0.25, 0.3) is 0 Å². The maximum absolute atomic E-state index is 9.18. The van der Waals surface area contributed by atoms with E-state index in [4.69, 9.17) is 4.74 Å². The standard InChI is InChI=1S/C6H13NO2/c1-7-5-2-3-9-4-6(5)8/h5-8H,2-4H2,1H3/t5-,6-/m0/s1. The highest BCUT2D eigenvalue weighted by molar-refractivity contribution is 4.76. The van der Waals surface area contributed by atoms with Gasteiger partial charge in [-0.3, -0.25) is 0 Å². The average molecular weight is 131 g/mol. The number of aliphatic hydroxyl groups is 1. The summed E-state index contributed by atoms with van der Waals surface area (Å²) in [4.78, 5) is 0. The molecule has 0 aromatic rings. The molecule has 1 aliphatic rings. The van der Waals surface area contributed by atoms with E-state index in [9.17, 15) is 5.11 Å². The van der Waals surface area contributed by atoms with Gasteiger partial charge in [-0.25, -0.2) is 0 Å². The summed E-state index contributed by atoms with van der Waals surface area (Å²) in [5.41, 5.74) is 0. The van der Waals surface area contributed by atoms with Crippen LogP contribution in [0.15, 0.2) is 0 Å². The number of hydrogen-bond acceptors (Lipinski definition) is 3. The third-order valence-corrected chi connectivity index (χ3v) is 1.70. The Morgan fingerprint density at radius 1 is 1.67 bits per heavy atom. The van der Waals surface area contributed by atoms with Crippen molar-refractivity contribution in [2.75, 3.05) is 20.3 Å². The fraction of sp³-hybridized carbons (Fsp3) is 1.00. The van der Waals surface area contributed by atoms with E-state index in [1.807, 2.05) is 7.05 Å². The van der Waals surface area contributed by atoms with Crippen molar-refractivity contribution in [2.24, 2.45) is 0 Å². The molecule has 0 amide bonds. The van der Waals surface area contributed by atoms with E-state index in [1.165, 1.54) is 0 Å². The van der Waals surface area contributed by atoms with Crippen LogP contribution in [0.3, 0.4) is 0 Å². The Morgan fingerprint density at radius 3 is 2.89 bits per heavy atom. The van der Waals surface area contributed by atoms with Crippen molar-refractivity contribution >= 4 is 0 Å². The molecule has 0 spiro atoms. The lowest BCUT2D eigenvalue weighted by Crippen LogP contribution is -2.44. The Kier molecular flexibility index (Phi) is 2.45. The summed E-state index contributed by atoms with van der Waals surface area (Å²) in [6.07, 6.45) is 0.598. The van der Waals surface area contributed by atoms with E-state index in [-0.39, 0.29) is 12.1 Å². The zero-order chi connectivity index (χ0) is 6.69. The Morgan fingerprint density at radius 2 is 2.44 bits per heavy atom. The van der Waals surface area contributed by atoms with Crippen LogP contribution in [0.1, 0.15) is 6.42 Å². The molecule has 3 heteroatoms. The number of aliphatic hydroxyl groups excluding tert-OH is 1. The third kappa shape index (κ3) is 1.64. The minimum Gasteiger partial charge on any atom is -0.389 e. The van der Waals surface area contributed by atoms with Gasteiger partial charge in [0, 0.05) is 12.6 Å². The predicted molar refractivity (Wildman–Crippen MR) is 34.3 cm³/mol. The van der Waals surface area contributed by atoms with E-state index in [0.29, 0.717) is 6.61 Å². The van der Waals surface area contributed by atoms with Crippen LogP contribution in [-0.2, 0) is 4.74 Å². The van der Waals surface area contributed by atoms with Crippen molar-refractivity contribution < 1.29 is 9.84 Å². The zero-order valence-corrected chi connectivity index (χ0v) is 5.63. The molecule has 2 N–H and O–H groups in total. The van der Waals surface area contributed by atoms with Gasteiger partial charge in [0.1, 0.15) is 0 Å². The number of likely N-dealkylation sites (N-methyl/N-ethyl adjacent to an activating group) is 1. The Hall–Kier alpha value is -0.120. The van der Waals surface area contributed by atoms with Crippen molar-refractivity contribution in [3.8, 4) is 0 Å². The highest BCUT2D eigenvalue weighted by atomic mass is 16.5. The van der Waals surface area contributed by atoms with Crippen LogP contribution in [0, 0.1) is 0 Å². The van der Waals surface area contributed by atoms with E-state index >= 15 is 0 Å². The minimum absolute atomic E-state index is 0.235. The number of ether oxygens (including phenoxy) is 1. The van der Waals surface area contributed by atoms with Crippen LogP contribution >= 0.6 is 0 Å². The molecule has 2 atom stereocenters. The first-order valence-corrected chi connectivity index (χ1v) is 3.27. The van der Waals surface area contributed by atoms with Gasteiger partial charge in [0.05, 0.1) is 12.7 Å². The van der Waals surface area contributed by atoms with Crippen molar-refractivity contribution in [2.45, 2.75) is 18.6 Å². The smallest absolute Gasteiger partial charge is 0.0926 e. The SMILES string of the molecule is CN[C@H]1CCOC[C@@H]1O. The Balaban J connectivity index is 2.30. The molecule has 9 heavy (non-hydrogen) atoms. The van der Waals surface area contributed by atoms with Crippen LogP contribution < -0.4 is 5.32 Å². The fourth-order valence-corrected chi connectivity index (χ4v) is 1.06. The van der Waals surface area contributed by atoms with Gasteiger partial charge in [0.2, 0.25) is 0 Å². The largest absolute Gasteiger partial charge is 0.389 e. The first-order chi connectivity index (χ1) is 4.34. The van der Waals surface area contributed by atoms with Gasteiger partial charge in [-0.2, -0.15) is 0 Å². The Bertz CT molecular complexity index is 87.1. The molecular formula is C6H13NO2. The van der Waals surface area contributed by atoms with Crippen molar-refractivity contribution in [3.63, 3.8) is 0 Å². The maximum atomic E-state index is 9.18. The first kappa shape index (κ1) is 6.99. The molecule has 1 fully saturated rings. The number of rotatable bonds is 1. The predicted octanol–water partition coefficient (Wildman–Crippen LogP) is -0.644. The second-order valence-electron chi connectivity index (χ2n) is 2.33. The molecular weight excluding hydrogens is 118 g/mol. The van der Waals surface area contributed by atoms with Crippen molar-refractivity contribution in [3.05, 3.63) is 0 Å². The molecule has 3 nitrogen and oxygen atoms in total. The van der Waals surface area contributed by atoms with Gasteiger partial charge in [0.15, 0.2) is 0 Å². The molecule has 1 rings (SSSR count). The molecule has 0 saturated carbocycles. The fourth-order valence-electron chi connectivity index (χ4n) is 1.06. The maximum Gasteiger partial charge on any atom is 0.0926 e. The van der Waals surface area contributed by atoms with Crippen LogP contribution in [-0.4, -0.2) is 37.5 Å². The normalized spacial score (nSPS) is 36.7. The van der Waals surface area contributed by atoms with E-state index < -0.39 is 0 Å². The summed E-state index contributed by atoms with van der Waals surface area (Å²) < 4.78 is 5.02. The highest BCUT2D eigenvalue weighted by Crippen LogP contribution is 2.05.